The predicted molar refractivity (Wildman–Crippen MR) is 94.4 cm³/mol. The molecule has 2 rings (SSSR count). The largest absolute Gasteiger partial charge is 0.466 e. The maximum atomic E-state index is 12.0. The highest BCUT2D eigenvalue weighted by Crippen LogP contribution is 2.23. The van der Waals surface area contributed by atoms with Gasteiger partial charge in [-0.1, -0.05) is 67.6 Å². The molecule has 0 aliphatic heterocycles. The van der Waals surface area contributed by atoms with Crippen LogP contribution in [0.25, 0.3) is 0 Å². The Balaban J connectivity index is 1.64. The molecule has 0 aliphatic carbocycles. The molecular weight excluding hydrogens is 284 g/mol. The molecule has 23 heavy (non-hydrogen) atoms. The number of aryl methyl sites for hydroxylation is 1. The molecule has 0 fully saturated rings. The van der Waals surface area contributed by atoms with Crippen molar-refractivity contribution < 1.29 is 9.53 Å². The van der Waals surface area contributed by atoms with Gasteiger partial charge in [0, 0.05) is 0 Å². The van der Waals surface area contributed by atoms with Gasteiger partial charge in [0.15, 0.2) is 0 Å². The fourth-order valence-corrected chi connectivity index (χ4v) is 2.75. The SMILES string of the molecule is CCC(CC(=O)OCCCCc1ccccc1)c1ccccc1. The number of esters is 1. The fraction of sp³-hybridized carbons (Fsp3) is 0.381. The van der Waals surface area contributed by atoms with Gasteiger partial charge in [-0.2, -0.15) is 0 Å². The zero-order chi connectivity index (χ0) is 16.3. The van der Waals surface area contributed by atoms with Gasteiger partial charge >= 0.3 is 5.97 Å². The van der Waals surface area contributed by atoms with Crippen LogP contribution in [0.5, 0.6) is 0 Å². The number of carbonyl (C=O) groups excluding carboxylic acids is 1. The second-order valence-electron chi connectivity index (χ2n) is 5.88. The highest BCUT2D eigenvalue weighted by atomic mass is 16.5. The maximum Gasteiger partial charge on any atom is 0.306 e. The van der Waals surface area contributed by atoms with Crippen molar-refractivity contribution in [2.75, 3.05) is 6.61 Å². The van der Waals surface area contributed by atoms with E-state index in [0.29, 0.717) is 13.0 Å². The Morgan fingerprint density at radius 1 is 0.957 bits per heavy atom. The van der Waals surface area contributed by atoms with Gasteiger partial charge in [0.1, 0.15) is 0 Å². The minimum absolute atomic E-state index is 0.0829. The first-order valence-electron chi connectivity index (χ1n) is 8.54. The smallest absolute Gasteiger partial charge is 0.306 e. The number of hydrogen-bond acceptors (Lipinski definition) is 2. The molecular formula is C21H26O2. The van der Waals surface area contributed by atoms with Gasteiger partial charge in [-0.3, -0.25) is 4.79 Å². The summed E-state index contributed by atoms with van der Waals surface area (Å²) in [5.74, 6) is 0.174. The Bertz CT molecular complexity index is 563. The third-order valence-electron chi connectivity index (χ3n) is 4.14. The van der Waals surface area contributed by atoms with Crippen LogP contribution in [0.1, 0.15) is 49.7 Å². The van der Waals surface area contributed by atoms with Crippen LogP contribution in [0.3, 0.4) is 0 Å². The van der Waals surface area contributed by atoms with Crippen molar-refractivity contribution in [2.24, 2.45) is 0 Å². The molecule has 0 aromatic heterocycles. The van der Waals surface area contributed by atoms with Crippen LogP contribution in [-0.2, 0) is 16.0 Å². The zero-order valence-electron chi connectivity index (χ0n) is 13.9. The topological polar surface area (TPSA) is 26.3 Å². The van der Waals surface area contributed by atoms with Crippen LogP contribution in [0.2, 0.25) is 0 Å². The fourth-order valence-electron chi connectivity index (χ4n) is 2.75. The van der Waals surface area contributed by atoms with E-state index in [1.54, 1.807) is 0 Å². The molecule has 2 heteroatoms. The summed E-state index contributed by atoms with van der Waals surface area (Å²) in [7, 11) is 0. The number of benzene rings is 2. The highest BCUT2D eigenvalue weighted by molar-refractivity contribution is 5.70. The molecule has 0 N–H and O–H groups in total. The van der Waals surface area contributed by atoms with Gasteiger partial charge in [0.05, 0.1) is 13.0 Å². The first-order valence-corrected chi connectivity index (χ1v) is 8.54. The molecule has 1 atom stereocenters. The molecule has 0 saturated carbocycles. The van der Waals surface area contributed by atoms with Crippen molar-refractivity contribution in [1.82, 2.24) is 0 Å². The van der Waals surface area contributed by atoms with Crippen LogP contribution in [0, 0.1) is 0 Å². The van der Waals surface area contributed by atoms with Gasteiger partial charge < -0.3 is 4.74 Å². The Hall–Kier alpha value is -2.09. The van der Waals surface area contributed by atoms with E-state index in [1.165, 1.54) is 11.1 Å². The van der Waals surface area contributed by atoms with E-state index in [9.17, 15) is 4.79 Å². The van der Waals surface area contributed by atoms with E-state index >= 15 is 0 Å². The lowest BCUT2D eigenvalue weighted by Gasteiger charge is -2.14. The molecule has 0 radical (unpaired) electrons. The molecule has 2 nitrogen and oxygen atoms in total. The summed E-state index contributed by atoms with van der Waals surface area (Å²) in [5, 5.41) is 0. The lowest BCUT2D eigenvalue weighted by Crippen LogP contribution is -2.11. The van der Waals surface area contributed by atoms with Crippen molar-refractivity contribution in [3.8, 4) is 0 Å². The minimum atomic E-state index is -0.0829. The quantitative estimate of drug-likeness (QED) is 0.474. The van der Waals surface area contributed by atoms with Gasteiger partial charge in [0.25, 0.3) is 0 Å². The Morgan fingerprint density at radius 2 is 1.61 bits per heavy atom. The number of ether oxygens (including phenoxy) is 1. The third kappa shape index (κ3) is 6.27. The van der Waals surface area contributed by atoms with Crippen LogP contribution < -0.4 is 0 Å². The van der Waals surface area contributed by atoms with E-state index in [4.69, 9.17) is 4.74 Å². The summed E-state index contributed by atoms with van der Waals surface area (Å²) in [6, 6.07) is 20.6. The second kappa shape index (κ2) is 9.83. The summed E-state index contributed by atoms with van der Waals surface area (Å²) in [6.45, 7) is 2.64. The summed E-state index contributed by atoms with van der Waals surface area (Å²) in [5.41, 5.74) is 2.56. The van der Waals surface area contributed by atoms with Gasteiger partial charge in [0.2, 0.25) is 0 Å². The molecule has 0 spiro atoms. The molecule has 0 bridgehead atoms. The molecule has 0 aliphatic rings. The van der Waals surface area contributed by atoms with Crippen LogP contribution in [0.4, 0.5) is 0 Å². The van der Waals surface area contributed by atoms with Crippen molar-refractivity contribution in [3.63, 3.8) is 0 Å². The Morgan fingerprint density at radius 3 is 2.26 bits per heavy atom. The van der Waals surface area contributed by atoms with Crippen LogP contribution in [-0.4, -0.2) is 12.6 Å². The van der Waals surface area contributed by atoms with Crippen LogP contribution in [0.15, 0.2) is 60.7 Å². The lowest BCUT2D eigenvalue weighted by atomic mass is 9.93. The number of hydrogen-bond donors (Lipinski definition) is 0. The average molecular weight is 310 g/mol. The molecule has 0 amide bonds. The van der Waals surface area contributed by atoms with Gasteiger partial charge in [-0.15, -0.1) is 0 Å². The first kappa shape index (κ1) is 17.3. The van der Waals surface area contributed by atoms with E-state index in [-0.39, 0.29) is 11.9 Å². The Kier molecular flexibility index (Phi) is 7.38. The minimum Gasteiger partial charge on any atom is -0.466 e. The second-order valence-corrected chi connectivity index (χ2v) is 5.88. The molecule has 2 aromatic rings. The van der Waals surface area contributed by atoms with E-state index in [2.05, 4.69) is 43.3 Å². The van der Waals surface area contributed by atoms with Crippen LogP contribution >= 0.6 is 0 Å². The first-order chi connectivity index (χ1) is 11.3. The van der Waals surface area contributed by atoms with Crippen molar-refractivity contribution in [2.45, 2.75) is 44.9 Å². The lowest BCUT2D eigenvalue weighted by molar-refractivity contribution is -0.144. The highest BCUT2D eigenvalue weighted by Gasteiger charge is 2.14. The van der Waals surface area contributed by atoms with Crippen molar-refractivity contribution in [3.05, 3.63) is 71.8 Å². The monoisotopic (exact) mass is 310 g/mol. The van der Waals surface area contributed by atoms with E-state index in [1.807, 2.05) is 24.3 Å². The summed E-state index contributed by atoms with van der Waals surface area (Å²) in [4.78, 5) is 12.0. The molecule has 122 valence electrons. The average Bonchev–Trinajstić information content (AvgIpc) is 2.61. The van der Waals surface area contributed by atoms with Gasteiger partial charge in [-0.05, 0) is 42.7 Å². The van der Waals surface area contributed by atoms with Crippen molar-refractivity contribution in [1.29, 1.82) is 0 Å². The molecule has 0 heterocycles. The summed E-state index contributed by atoms with van der Waals surface area (Å²) in [6.07, 6.45) is 4.43. The number of rotatable bonds is 9. The molecule has 2 aromatic carbocycles. The van der Waals surface area contributed by atoms with Crippen molar-refractivity contribution >= 4 is 5.97 Å². The summed E-state index contributed by atoms with van der Waals surface area (Å²) >= 11 is 0. The van der Waals surface area contributed by atoms with E-state index < -0.39 is 0 Å². The maximum absolute atomic E-state index is 12.0. The molecule has 1 unspecified atom stereocenters. The predicted octanol–water partition coefficient (Wildman–Crippen LogP) is 5.14. The number of carbonyl (C=O) groups is 1. The molecule has 0 saturated heterocycles. The standard InChI is InChI=1S/C21H26O2/c1-2-19(20-14-7-4-8-15-20)17-21(22)23-16-10-9-13-18-11-5-3-6-12-18/h3-8,11-12,14-15,19H,2,9-10,13,16-17H2,1H3. The van der Waals surface area contributed by atoms with Gasteiger partial charge in [-0.25, -0.2) is 0 Å². The van der Waals surface area contributed by atoms with E-state index in [0.717, 1.165) is 25.7 Å². The number of unbranched alkanes of at least 4 members (excludes halogenated alkanes) is 1. The zero-order valence-corrected chi connectivity index (χ0v) is 13.9. The third-order valence-corrected chi connectivity index (χ3v) is 4.14. The normalized spacial score (nSPS) is 11.9. The summed E-state index contributed by atoms with van der Waals surface area (Å²) < 4.78 is 5.39. The Labute approximate surface area is 139 Å².